The number of hydrogen-bond acceptors (Lipinski definition) is 4. The lowest BCUT2D eigenvalue weighted by atomic mass is 10.2. The van der Waals surface area contributed by atoms with Crippen molar-refractivity contribution in [1.82, 2.24) is 9.97 Å². The maximum atomic E-state index is 5.63. The van der Waals surface area contributed by atoms with Crippen molar-refractivity contribution in [3.8, 4) is 5.88 Å². The predicted octanol–water partition coefficient (Wildman–Crippen LogP) is 2.72. The summed E-state index contributed by atoms with van der Waals surface area (Å²) in [7, 11) is 1.99. The normalized spacial score (nSPS) is 10.3. The fourth-order valence-corrected chi connectivity index (χ4v) is 1.65. The van der Waals surface area contributed by atoms with Gasteiger partial charge in [0.15, 0.2) is 0 Å². The highest BCUT2D eigenvalue weighted by atomic mass is 35.5. The van der Waals surface area contributed by atoms with Gasteiger partial charge in [-0.25, -0.2) is 4.98 Å². The van der Waals surface area contributed by atoms with Gasteiger partial charge in [0, 0.05) is 31.7 Å². The van der Waals surface area contributed by atoms with Crippen LogP contribution in [0.1, 0.15) is 26.2 Å². The maximum absolute atomic E-state index is 5.63. The van der Waals surface area contributed by atoms with Crippen LogP contribution in [0.25, 0.3) is 0 Å². The molecule has 0 fully saturated rings. The van der Waals surface area contributed by atoms with Gasteiger partial charge in [-0.15, -0.1) is 11.6 Å². The Hall–Kier alpha value is -1.03. The molecule has 0 atom stereocenters. The molecule has 4 nitrogen and oxygen atoms in total. The Morgan fingerprint density at radius 1 is 1.35 bits per heavy atom. The van der Waals surface area contributed by atoms with E-state index in [1.807, 2.05) is 18.9 Å². The van der Waals surface area contributed by atoms with E-state index in [2.05, 4.69) is 9.97 Å². The van der Waals surface area contributed by atoms with Gasteiger partial charge in [0.2, 0.25) is 11.8 Å². The van der Waals surface area contributed by atoms with Gasteiger partial charge in [-0.05, 0) is 19.8 Å². The molecule has 1 rings (SSSR count). The van der Waals surface area contributed by atoms with Crippen LogP contribution in [0.4, 0.5) is 5.95 Å². The van der Waals surface area contributed by atoms with Crippen LogP contribution in [0.2, 0.25) is 0 Å². The van der Waals surface area contributed by atoms with Crippen molar-refractivity contribution in [2.45, 2.75) is 26.2 Å². The molecule has 0 aliphatic heterocycles. The van der Waals surface area contributed by atoms with Crippen molar-refractivity contribution in [3.05, 3.63) is 12.3 Å². The van der Waals surface area contributed by atoms with Gasteiger partial charge in [0.1, 0.15) is 0 Å². The molecule has 0 amide bonds. The van der Waals surface area contributed by atoms with Crippen molar-refractivity contribution in [3.63, 3.8) is 0 Å². The highest BCUT2D eigenvalue weighted by molar-refractivity contribution is 6.17. The minimum atomic E-state index is 0.621. The number of rotatable bonds is 8. The monoisotopic (exact) mass is 257 g/mol. The van der Waals surface area contributed by atoms with Crippen LogP contribution in [-0.4, -0.2) is 36.0 Å². The molecule has 17 heavy (non-hydrogen) atoms. The first-order chi connectivity index (χ1) is 8.27. The van der Waals surface area contributed by atoms with Crippen LogP contribution in [0.3, 0.4) is 0 Å². The number of ether oxygens (including phenoxy) is 1. The Morgan fingerprint density at radius 3 is 2.88 bits per heavy atom. The summed E-state index contributed by atoms with van der Waals surface area (Å²) in [5, 5.41) is 0. The number of halogens is 1. The van der Waals surface area contributed by atoms with E-state index in [1.54, 1.807) is 12.3 Å². The van der Waals surface area contributed by atoms with Crippen LogP contribution >= 0.6 is 11.6 Å². The third-order valence-corrected chi connectivity index (χ3v) is 2.65. The first-order valence-electron chi connectivity index (χ1n) is 6.01. The molecular weight excluding hydrogens is 238 g/mol. The number of alkyl halides is 1. The first kappa shape index (κ1) is 14.0. The summed E-state index contributed by atoms with van der Waals surface area (Å²) in [5.41, 5.74) is 0. The summed E-state index contributed by atoms with van der Waals surface area (Å²) in [6, 6.07) is 1.77. The van der Waals surface area contributed by atoms with E-state index in [-0.39, 0.29) is 0 Å². The molecule has 0 saturated carbocycles. The van der Waals surface area contributed by atoms with Crippen molar-refractivity contribution < 1.29 is 4.74 Å². The number of unbranched alkanes of at least 4 members (excludes halogenated alkanes) is 2. The van der Waals surface area contributed by atoms with E-state index in [4.69, 9.17) is 16.3 Å². The zero-order valence-electron chi connectivity index (χ0n) is 10.5. The lowest BCUT2D eigenvalue weighted by molar-refractivity contribution is 0.326. The molecule has 0 N–H and O–H groups in total. The van der Waals surface area contributed by atoms with Crippen LogP contribution in [0, 0.1) is 0 Å². The van der Waals surface area contributed by atoms with Crippen LogP contribution < -0.4 is 9.64 Å². The van der Waals surface area contributed by atoms with E-state index in [1.165, 1.54) is 0 Å². The second-order valence-corrected chi connectivity index (χ2v) is 4.18. The topological polar surface area (TPSA) is 38.2 Å². The molecule has 0 aromatic carbocycles. The van der Waals surface area contributed by atoms with E-state index < -0.39 is 0 Å². The molecule has 0 radical (unpaired) electrons. The average Bonchev–Trinajstić information content (AvgIpc) is 2.35. The van der Waals surface area contributed by atoms with E-state index in [0.717, 1.165) is 31.7 Å². The zero-order chi connectivity index (χ0) is 12.5. The largest absolute Gasteiger partial charge is 0.478 e. The second-order valence-electron chi connectivity index (χ2n) is 3.80. The molecule has 1 heterocycles. The van der Waals surface area contributed by atoms with Crippen molar-refractivity contribution in [2.75, 3.05) is 31.0 Å². The van der Waals surface area contributed by atoms with Crippen molar-refractivity contribution in [2.24, 2.45) is 0 Å². The Balaban J connectivity index is 2.44. The lowest BCUT2D eigenvalue weighted by Crippen LogP contribution is -2.21. The van der Waals surface area contributed by atoms with E-state index in [9.17, 15) is 0 Å². The highest BCUT2D eigenvalue weighted by Crippen LogP contribution is 2.12. The molecule has 5 heteroatoms. The van der Waals surface area contributed by atoms with Gasteiger partial charge < -0.3 is 9.64 Å². The maximum Gasteiger partial charge on any atom is 0.228 e. The molecule has 0 aliphatic carbocycles. The molecule has 0 aliphatic rings. The third-order valence-electron chi connectivity index (χ3n) is 2.38. The molecule has 0 unspecified atom stereocenters. The Kier molecular flexibility index (Phi) is 6.70. The van der Waals surface area contributed by atoms with Crippen molar-refractivity contribution in [1.29, 1.82) is 0 Å². The van der Waals surface area contributed by atoms with E-state index in [0.29, 0.717) is 18.4 Å². The van der Waals surface area contributed by atoms with Gasteiger partial charge in [-0.3, -0.25) is 0 Å². The van der Waals surface area contributed by atoms with Gasteiger partial charge in [-0.2, -0.15) is 4.98 Å². The number of anilines is 1. The molecule has 0 bridgehead atoms. The van der Waals surface area contributed by atoms with Crippen LogP contribution in [0.5, 0.6) is 5.88 Å². The molecule has 96 valence electrons. The predicted molar refractivity (Wildman–Crippen MR) is 71.0 cm³/mol. The number of hydrogen-bond donors (Lipinski definition) is 0. The molecular formula is C12H20ClN3O. The molecule has 1 aromatic rings. The minimum Gasteiger partial charge on any atom is -0.478 e. The van der Waals surface area contributed by atoms with E-state index >= 15 is 0 Å². The zero-order valence-corrected chi connectivity index (χ0v) is 11.3. The fourth-order valence-electron chi connectivity index (χ4n) is 1.46. The molecule has 1 aromatic heterocycles. The summed E-state index contributed by atoms with van der Waals surface area (Å²) in [4.78, 5) is 10.6. The summed E-state index contributed by atoms with van der Waals surface area (Å²) in [5.74, 6) is 2.08. The summed E-state index contributed by atoms with van der Waals surface area (Å²) in [6.45, 7) is 3.50. The summed E-state index contributed by atoms with van der Waals surface area (Å²) in [6.07, 6.45) is 5.03. The number of nitrogens with zero attached hydrogens (tertiary/aromatic N) is 3. The standard InChI is InChI=1S/C12H20ClN3O/c1-3-17-11-7-9-14-12(15-11)16(2)10-6-4-5-8-13/h7,9H,3-6,8,10H2,1-2H3. The quantitative estimate of drug-likeness (QED) is 0.530. The molecule has 0 spiro atoms. The van der Waals surface area contributed by atoms with Gasteiger partial charge >= 0.3 is 0 Å². The first-order valence-corrected chi connectivity index (χ1v) is 6.54. The van der Waals surface area contributed by atoms with Crippen LogP contribution in [0.15, 0.2) is 12.3 Å². The fraction of sp³-hybridized carbons (Fsp3) is 0.667. The average molecular weight is 258 g/mol. The SMILES string of the molecule is CCOc1ccnc(N(C)CCCCCCl)n1. The van der Waals surface area contributed by atoms with Gasteiger partial charge in [0.05, 0.1) is 6.61 Å². The highest BCUT2D eigenvalue weighted by Gasteiger charge is 2.05. The summed E-state index contributed by atoms with van der Waals surface area (Å²) < 4.78 is 5.34. The Morgan fingerprint density at radius 2 is 2.18 bits per heavy atom. The Labute approximate surface area is 108 Å². The van der Waals surface area contributed by atoms with Crippen molar-refractivity contribution >= 4 is 17.5 Å². The minimum absolute atomic E-state index is 0.621. The Bertz CT molecular complexity index is 322. The summed E-state index contributed by atoms with van der Waals surface area (Å²) >= 11 is 5.63. The van der Waals surface area contributed by atoms with Gasteiger partial charge in [0.25, 0.3) is 0 Å². The number of aromatic nitrogens is 2. The van der Waals surface area contributed by atoms with Gasteiger partial charge in [-0.1, -0.05) is 6.42 Å². The second kappa shape index (κ2) is 8.12. The lowest BCUT2D eigenvalue weighted by Gasteiger charge is -2.17. The van der Waals surface area contributed by atoms with Crippen LogP contribution in [-0.2, 0) is 0 Å². The molecule has 0 saturated heterocycles. The third kappa shape index (κ3) is 5.22. The smallest absolute Gasteiger partial charge is 0.228 e.